The van der Waals surface area contributed by atoms with Crippen molar-refractivity contribution in [3.05, 3.63) is 29.1 Å². The number of halogens is 4. The molecule has 82 valence electrons. The Morgan fingerprint density at radius 2 is 1.87 bits per heavy atom. The van der Waals surface area contributed by atoms with Gasteiger partial charge in [0.1, 0.15) is 0 Å². The monoisotopic (exact) mass is 221 g/mol. The zero-order valence-electron chi connectivity index (χ0n) is 7.65. The van der Waals surface area contributed by atoms with Gasteiger partial charge in [-0.25, -0.2) is 4.39 Å². The van der Waals surface area contributed by atoms with Gasteiger partial charge in [0.2, 0.25) is 0 Å². The number of anilines is 1. The Bertz CT molecular complexity index is 411. The van der Waals surface area contributed by atoms with E-state index in [0.29, 0.717) is 6.07 Å². The molecule has 2 nitrogen and oxygen atoms in total. The fraction of sp³-hybridized carbons (Fsp3) is 0.222. The molecule has 0 unspecified atom stereocenters. The third kappa shape index (κ3) is 2.08. The predicted octanol–water partition coefficient (Wildman–Crippen LogP) is 2.63. The van der Waals surface area contributed by atoms with Gasteiger partial charge in [0.15, 0.2) is 11.6 Å². The van der Waals surface area contributed by atoms with Crippen LogP contribution in [0.1, 0.15) is 22.8 Å². The summed E-state index contributed by atoms with van der Waals surface area (Å²) in [5.74, 6) is -2.33. The normalized spacial score (nSPS) is 11.5. The maximum absolute atomic E-state index is 13.2. The molecule has 0 spiro atoms. The van der Waals surface area contributed by atoms with Crippen LogP contribution in [-0.4, -0.2) is 5.78 Å². The number of carbonyl (C=O) groups excluding carboxylic acids is 1. The van der Waals surface area contributed by atoms with E-state index in [2.05, 4.69) is 0 Å². The number of carbonyl (C=O) groups is 1. The average molecular weight is 221 g/mol. The molecule has 0 fully saturated rings. The molecule has 0 aliphatic carbocycles. The number of rotatable bonds is 1. The van der Waals surface area contributed by atoms with E-state index in [4.69, 9.17) is 5.73 Å². The molecule has 2 N–H and O–H groups in total. The van der Waals surface area contributed by atoms with Crippen molar-refractivity contribution in [3.8, 4) is 0 Å². The molecule has 0 bridgehead atoms. The zero-order valence-corrected chi connectivity index (χ0v) is 7.65. The quantitative estimate of drug-likeness (QED) is 0.450. The number of hydrogen-bond donors (Lipinski definition) is 1. The van der Waals surface area contributed by atoms with E-state index in [0.717, 1.165) is 13.0 Å². The van der Waals surface area contributed by atoms with Gasteiger partial charge in [-0.05, 0) is 19.1 Å². The summed E-state index contributed by atoms with van der Waals surface area (Å²) in [5, 5.41) is 0. The zero-order chi connectivity index (χ0) is 11.8. The Morgan fingerprint density at radius 3 is 2.27 bits per heavy atom. The van der Waals surface area contributed by atoms with E-state index >= 15 is 0 Å². The van der Waals surface area contributed by atoms with Gasteiger partial charge in [0.05, 0.1) is 16.8 Å². The number of Topliss-reactive ketones (excluding diaryl/α,β-unsaturated/α-hetero) is 1. The second kappa shape index (κ2) is 3.52. The van der Waals surface area contributed by atoms with Crippen molar-refractivity contribution in [1.82, 2.24) is 0 Å². The van der Waals surface area contributed by atoms with E-state index in [1.807, 2.05) is 0 Å². The molecule has 1 aromatic carbocycles. The van der Waals surface area contributed by atoms with Gasteiger partial charge in [0.25, 0.3) is 0 Å². The van der Waals surface area contributed by atoms with Crippen LogP contribution >= 0.6 is 0 Å². The van der Waals surface area contributed by atoms with Crippen LogP contribution in [0, 0.1) is 5.82 Å². The van der Waals surface area contributed by atoms with Crippen molar-refractivity contribution >= 4 is 11.5 Å². The topological polar surface area (TPSA) is 43.1 Å². The molecule has 0 aliphatic rings. The summed E-state index contributed by atoms with van der Waals surface area (Å²) >= 11 is 0. The first-order valence-electron chi connectivity index (χ1n) is 3.91. The third-order valence-electron chi connectivity index (χ3n) is 1.83. The smallest absolute Gasteiger partial charge is 0.396 e. The Hall–Kier alpha value is -1.59. The Kier molecular flexibility index (Phi) is 2.70. The standard InChI is InChI=1S/C9H7F4NO/c1-4(15)7-5(9(11,12)13)2-3-6(14)8(7)10/h2-3H,14H2,1H3. The second-order valence-electron chi connectivity index (χ2n) is 2.95. The summed E-state index contributed by atoms with van der Waals surface area (Å²) in [4.78, 5) is 10.9. The van der Waals surface area contributed by atoms with Crippen molar-refractivity contribution < 1.29 is 22.4 Å². The molecule has 15 heavy (non-hydrogen) atoms. The van der Waals surface area contributed by atoms with Crippen molar-refractivity contribution in [3.63, 3.8) is 0 Å². The molecule has 0 radical (unpaired) electrons. The first-order chi connectivity index (χ1) is 6.75. The van der Waals surface area contributed by atoms with Crippen molar-refractivity contribution in [2.24, 2.45) is 0 Å². The van der Waals surface area contributed by atoms with Gasteiger partial charge in [-0.15, -0.1) is 0 Å². The lowest BCUT2D eigenvalue weighted by Gasteiger charge is -2.12. The molecular weight excluding hydrogens is 214 g/mol. The Labute approximate surface area is 82.7 Å². The number of hydrogen-bond acceptors (Lipinski definition) is 2. The summed E-state index contributed by atoms with van der Waals surface area (Å²) in [5.41, 5.74) is 2.28. The van der Waals surface area contributed by atoms with Gasteiger partial charge < -0.3 is 5.73 Å². The minimum absolute atomic E-state index is 0.479. The van der Waals surface area contributed by atoms with Crippen LogP contribution in [0.25, 0.3) is 0 Å². The fourth-order valence-electron chi connectivity index (χ4n) is 1.17. The van der Waals surface area contributed by atoms with Crippen LogP contribution in [0.2, 0.25) is 0 Å². The highest BCUT2D eigenvalue weighted by molar-refractivity contribution is 5.97. The largest absolute Gasteiger partial charge is 0.417 e. The van der Waals surface area contributed by atoms with Crippen LogP contribution in [0.4, 0.5) is 23.2 Å². The molecule has 0 aromatic heterocycles. The molecule has 0 aliphatic heterocycles. The van der Waals surface area contributed by atoms with Gasteiger partial charge in [0, 0.05) is 0 Å². The van der Waals surface area contributed by atoms with Crippen LogP contribution < -0.4 is 5.73 Å². The summed E-state index contributed by atoms with van der Waals surface area (Å²) < 4.78 is 50.3. The van der Waals surface area contributed by atoms with E-state index in [9.17, 15) is 22.4 Å². The molecule has 0 atom stereocenters. The van der Waals surface area contributed by atoms with E-state index in [1.54, 1.807) is 0 Å². The molecule has 0 heterocycles. The van der Waals surface area contributed by atoms with Crippen molar-refractivity contribution in [1.29, 1.82) is 0 Å². The van der Waals surface area contributed by atoms with Gasteiger partial charge in [-0.3, -0.25) is 4.79 Å². The Morgan fingerprint density at radius 1 is 1.33 bits per heavy atom. The summed E-state index contributed by atoms with van der Waals surface area (Å²) in [6.07, 6.45) is -4.77. The highest BCUT2D eigenvalue weighted by Gasteiger charge is 2.36. The van der Waals surface area contributed by atoms with Crippen molar-refractivity contribution in [2.45, 2.75) is 13.1 Å². The van der Waals surface area contributed by atoms with E-state index in [1.165, 1.54) is 0 Å². The number of benzene rings is 1. The molecule has 0 amide bonds. The number of nitrogen functional groups attached to an aromatic ring is 1. The predicted molar refractivity (Wildman–Crippen MR) is 45.8 cm³/mol. The lowest BCUT2D eigenvalue weighted by atomic mass is 10.0. The van der Waals surface area contributed by atoms with Crippen LogP contribution in [0.3, 0.4) is 0 Å². The third-order valence-corrected chi connectivity index (χ3v) is 1.83. The van der Waals surface area contributed by atoms with E-state index < -0.39 is 34.6 Å². The molecule has 6 heteroatoms. The first-order valence-corrected chi connectivity index (χ1v) is 3.91. The summed E-state index contributed by atoms with van der Waals surface area (Å²) in [7, 11) is 0. The average Bonchev–Trinajstić information content (AvgIpc) is 2.06. The minimum atomic E-state index is -4.77. The maximum Gasteiger partial charge on any atom is 0.417 e. The van der Waals surface area contributed by atoms with E-state index in [-0.39, 0.29) is 0 Å². The molecule has 1 aromatic rings. The molecule has 1 rings (SSSR count). The summed E-state index contributed by atoms with van der Waals surface area (Å²) in [6.45, 7) is 0.854. The number of ketones is 1. The first kappa shape index (κ1) is 11.5. The molecular formula is C9H7F4NO. The number of alkyl halides is 3. The van der Waals surface area contributed by atoms with Crippen LogP contribution in [0.15, 0.2) is 12.1 Å². The Balaban J connectivity index is 3.55. The van der Waals surface area contributed by atoms with Crippen molar-refractivity contribution in [2.75, 3.05) is 5.73 Å². The second-order valence-corrected chi connectivity index (χ2v) is 2.95. The SMILES string of the molecule is CC(=O)c1c(C(F)(F)F)ccc(N)c1F. The molecule has 0 saturated carbocycles. The summed E-state index contributed by atoms with van der Waals surface area (Å²) in [6, 6.07) is 1.37. The highest BCUT2D eigenvalue weighted by Crippen LogP contribution is 2.34. The lowest BCUT2D eigenvalue weighted by Crippen LogP contribution is -2.14. The molecule has 0 saturated heterocycles. The van der Waals surface area contributed by atoms with Crippen LogP contribution in [0.5, 0.6) is 0 Å². The van der Waals surface area contributed by atoms with Gasteiger partial charge in [-0.1, -0.05) is 0 Å². The minimum Gasteiger partial charge on any atom is -0.396 e. The maximum atomic E-state index is 13.2. The van der Waals surface area contributed by atoms with Gasteiger partial charge in [-0.2, -0.15) is 13.2 Å². The fourth-order valence-corrected chi connectivity index (χ4v) is 1.17. The highest BCUT2D eigenvalue weighted by atomic mass is 19.4. The van der Waals surface area contributed by atoms with Crippen LogP contribution in [-0.2, 0) is 6.18 Å². The lowest BCUT2D eigenvalue weighted by molar-refractivity contribution is -0.138. The number of nitrogens with two attached hydrogens (primary N) is 1. The van der Waals surface area contributed by atoms with Gasteiger partial charge >= 0.3 is 6.18 Å².